The van der Waals surface area contributed by atoms with Gasteiger partial charge in [0.2, 0.25) is 0 Å². The number of carbonyl (C=O) groups excluding carboxylic acids is 1. The Kier molecular flexibility index (Phi) is 6.89. The highest BCUT2D eigenvalue weighted by molar-refractivity contribution is 5.94. The van der Waals surface area contributed by atoms with Crippen LogP contribution in [0.15, 0.2) is 84.9 Å². The number of nitro groups is 1. The fourth-order valence-electron chi connectivity index (χ4n) is 4.59. The second-order valence-electron chi connectivity index (χ2n) is 9.05. The number of carbonyl (C=O) groups is 1. The zero-order valence-corrected chi connectivity index (χ0v) is 20.6. The summed E-state index contributed by atoms with van der Waals surface area (Å²) < 4.78 is 0. The Morgan fingerprint density at radius 3 is 2.11 bits per heavy atom. The largest absolute Gasteiger partial charge is 0.353 e. The minimum Gasteiger partial charge on any atom is -0.353 e. The van der Waals surface area contributed by atoms with E-state index in [0.717, 1.165) is 28.2 Å². The van der Waals surface area contributed by atoms with E-state index in [4.69, 9.17) is 9.97 Å². The summed E-state index contributed by atoms with van der Waals surface area (Å²) in [6.45, 7) is 4.46. The molecule has 2 heterocycles. The molecule has 1 saturated heterocycles. The van der Waals surface area contributed by atoms with E-state index < -0.39 is 4.92 Å². The molecule has 186 valence electrons. The van der Waals surface area contributed by atoms with Crippen molar-refractivity contribution in [3.05, 3.63) is 117 Å². The third-order valence-electron chi connectivity index (χ3n) is 6.64. The average molecular weight is 494 g/mol. The SMILES string of the molecule is Cc1nc(-c2ccccc2)nc(N2CCN(C(=O)c3ccccc3)CC2)c1Cc1ccc([N+](=O)[O-])cc1. The molecule has 0 aliphatic carbocycles. The van der Waals surface area contributed by atoms with Gasteiger partial charge in [-0.3, -0.25) is 14.9 Å². The predicted molar refractivity (Wildman–Crippen MR) is 143 cm³/mol. The molecule has 8 nitrogen and oxygen atoms in total. The van der Waals surface area contributed by atoms with E-state index in [1.165, 1.54) is 12.1 Å². The summed E-state index contributed by atoms with van der Waals surface area (Å²) in [5.41, 5.74) is 4.49. The number of piperazine rings is 1. The smallest absolute Gasteiger partial charge is 0.269 e. The minimum absolute atomic E-state index is 0.0372. The fraction of sp³-hybridized carbons (Fsp3) is 0.207. The Bertz CT molecular complexity index is 1400. The van der Waals surface area contributed by atoms with Crippen LogP contribution in [0.3, 0.4) is 0 Å². The molecule has 1 amide bonds. The number of nitro benzene ring substituents is 1. The van der Waals surface area contributed by atoms with Crippen LogP contribution in [0.4, 0.5) is 11.5 Å². The molecule has 8 heteroatoms. The van der Waals surface area contributed by atoms with Crippen molar-refractivity contribution in [2.75, 3.05) is 31.1 Å². The van der Waals surface area contributed by atoms with Crippen molar-refractivity contribution in [3.63, 3.8) is 0 Å². The van der Waals surface area contributed by atoms with Gasteiger partial charge >= 0.3 is 0 Å². The number of benzene rings is 3. The number of hydrogen-bond donors (Lipinski definition) is 0. The molecule has 1 aliphatic heterocycles. The zero-order chi connectivity index (χ0) is 25.8. The van der Waals surface area contributed by atoms with E-state index in [-0.39, 0.29) is 11.6 Å². The summed E-state index contributed by atoms with van der Waals surface area (Å²) in [4.78, 5) is 37.5. The summed E-state index contributed by atoms with van der Waals surface area (Å²) in [6.07, 6.45) is 0.553. The van der Waals surface area contributed by atoms with Crippen molar-refractivity contribution < 1.29 is 9.72 Å². The highest BCUT2D eigenvalue weighted by Crippen LogP contribution is 2.29. The maximum absolute atomic E-state index is 13.0. The van der Waals surface area contributed by atoms with Gasteiger partial charge in [0, 0.05) is 67.1 Å². The lowest BCUT2D eigenvalue weighted by atomic mass is 10.0. The Balaban J connectivity index is 1.44. The van der Waals surface area contributed by atoms with Crippen molar-refractivity contribution in [1.82, 2.24) is 14.9 Å². The molecule has 1 aliphatic rings. The molecule has 5 rings (SSSR count). The molecule has 3 aromatic carbocycles. The van der Waals surface area contributed by atoms with Gasteiger partial charge in [-0.05, 0) is 24.6 Å². The van der Waals surface area contributed by atoms with Crippen molar-refractivity contribution in [2.45, 2.75) is 13.3 Å². The van der Waals surface area contributed by atoms with E-state index in [1.807, 2.05) is 72.5 Å². The molecule has 0 bridgehead atoms. The minimum atomic E-state index is -0.394. The number of amides is 1. The maximum atomic E-state index is 13.0. The van der Waals surface area contributed by atoms with Crippen LogP contribution in [0.25, 0.3) is 11.4 Å². The number of hydrogen-bond acceptors (Lipinski definition) is 6. The van der Waals surface area contributed by atoms with Gasteiger partial charge < -0.3 is 9.80 Å². The standard InChI is InChI=1S/C29H27N5O3/c1-21-26(20-22-12-14-25(15-13-22)34(36)37)28(31-27(30-21)23-8-4-2-5-9-23)32-16-18-33(19-17-32)29(35)24-10-6-3-7-11-24/h2-15H,16-20H2,1H3. The average Bonchev–Trinajstić information content (AvgIpc) is 2.95. The quantitative estimate of drug-likeness (QED) is 0.280. The van der Waals surface area contributed by atoms with Crippen LogP contribution in [-0.4, -0.2) is 51.9 Å². The van der Waals surface area contributed by atoms with Crippen LogP contribution in [0.5, 0.6) is 0 Å². The molecule has 0 spiro atoms. The zero-order valence-electron chi connectivity index (χ0n) is 20.6. The lowest BCUT2D eigenvalue weighted by molar-refractivity contribution is -0.384. The number of anilines is 1. The first-order valence-electron chi connectivity index (χ1n) is 12.2. The Morgan fingerprint density at radius 1 is 0.865 bits per heavy atom. The monoisotopic (exact) mass is 493 g/mol. The Morgan fingerprint density at radius 2 is 1.49 bits per heavy atom. The van der Waals surface area contributed by atoms with Gasteiger partial charge in [-0.15, -0.1) is 0 Å². The highest BCUT2D eigenvalue weighted by Gasteiger charge is 2.26. The van der Waals surface area contributed by atoms with Crippen LogP contribution in [0.2, 0.25) is 0 Å². The summed E-state index contributed by atoms with van der Waals surface area (Å²) >= 11 is 0. The molecule has 1 fully saturated rings. The van der Waals surface area contributed by atoms with Crippen LogP contribution in [0.1, 0.15) is 27.2 Å². The van der Waals surface area contributed by atoms with Crippen LogP contribution in [-0.2, 0) is 6.42 Å². The van der Waals surface area contributed by atoms with Gasteiger partial charge in [-0.1, -0.05) is 60.7 Å². The second kappa shape index (κ2) is 10.6. The van der Waals surface area contributed by atoms with E-state index in [9.17, 15) is 14.9 Å². The molecule has 0 unspecified atom stereocenters. The number of aromatic nitrogens is 2. The number of non-ortho nitro benzene ring substituents is 1. The number of aryl methyl sites for hydroxylation is 1. The van der Waals surface area contributed by atoms with Crippen LogP contribution < -0.4 is 4.90 Å². The van der Waals surface area contributed by atoms with Gasteiger partial charge in [0.1, 0.15) is 5.82 Å². The second-order valence-corrected chi connectivity index (χ2v) is 9.05. The fourth-order valence-corrected chi connectivity index (χ4v) is 4.59. The summed E-state index contributed by atoms with van der Waals surface area (Å²) in [5, 5.41) is 11.1. The Labute approximate surface area is 215 Å². The van der Waals surface area contributed by atoms with E-state index in [1.54, 1.807) is 12.1 Å². The van der Waals surface area contributed by atoms with Crippen molar-refractivity contribution in [2.24, 2.45) is 0 Å². The van der Waals surface area contributed by atoms with E-state index >= 15 is 0 Å². The van der Waals surface area contributed by atoms with Crippen molar-refractivity contribution >= 4 is 17.4 Å². The molecule has 0 radical (unpaired) electrons. The number of nitrogens with zero attached hydrogens (tertiary/aromatic N) is 5. The molecule has 4 aromatic rings. The molecular weight excluding hydrogens is 466 g/mol. The molecule has 0 N–H and O–H groups in total. The van der Waals surface area contributed by atoms with Gasteiger partial charge in [-0.25, -0.2) is 9.97 Å². The number of rotatable bonds is 6. The topological polar surface area (TPSA) is 92.5 Å². The van der Waals surface area contributed by atoms with E-state index in [2.05, 4.69) is 4.90 Å². The van der Waals surface area contributed by atoms with Gasteiger partial charge in [-0.2, -0.15) is 0 Å². The molecule has 0 atom stereocenters. The van der Waals surface area contributed by atoms with Gasteiger partial charge in [0.15, 0.2) is 5.82 Å². The third-order valence-corrected chi connectivity index (χ3v) is 6.64. The summed E-state index contributed by atoms with van der Waals surface area (Å²) in [5.74, 6) is 1.54. The van der Waals surface area contributed by atoms with Gasteiger partial charge in [0.25, 0.3) is 11.6 Å². The van der Waals surface area contributed by atoms with Crippen molar-refractivity contribution in [1.29, 1.82) is 0 Å². The summed E-state index contributed by atoms with van der Waals surface area (Å²) in [6, 6.07) is 25.8. The van der Waals surface area contributed by atoms with Crippen LogP contribution >= 0.6 is 0 Å². The first-order chi connectivity index (χ1) is 18.0. The van der Waals surface area contributed by atoms with Crippen molar-refractivity contribution in [3.8, 4) is 11.4 Å². The lowest BCUT2D eigenvalue weighted by Gasteiger charge is -2.36. The highest BCUT2D eigenvalue weighted by atomic mass is 16.6. The van der Waals surface area contributed by atoms with E-state index in [0.29, 0.717) is 44.0 Å². The molecule has 1 aromatic heterocycles. The summed E-state index contributed by atoms with van der Waals surface area (Å²) in [7, 11) is 0. The normalized spacial score (nSPS) is 13.4. The molecular formula is C29H27N5O3. The molecule has 0 saturated carbocycles. The lowest BCUT2D eigenvalue weighted by Crippen LogP contribution is -2.49. The predicted octanol–water partition coefficient (Wildman–Crippen LogP) is 4.91. The first kappa shape index (κ1) is 24.1. The Hall–Kier alpha value is -4.59. The van der Waals surface area contributed by atoms with Crippen LogP contribution in [0, 0.1) is 17.0 Å². The van der Waals surface area contributed by atoms with Gasteiger partial charge in [0.05, 0.1) is 4.92 Å². The third kappa shape index (κ3) is 5.33. The first-order valence-corrected chi connectivity index (χ1v) is 12.2. The maximum Gasteiger partial charge on any atom is 0.269 e. The molecule has 37 heavy (non-hydrogen) atoms.